The van der Waals surface area contributed by atoms with E-state index in [-0.39, 0.29) is 5.84 Å². The summed E-state index contributed by atoms with van der Waals surface area (Å²) < 4.78 is 0. The molecule has 17 heavy (non-hydrogen) atoms. The van der Waals surface area contributed by atoms with Crippen LogP contribution < -0.4 is 10.6 Å². The van der Waals surface area contributed by atoms with E-state index >= 15 is 0 Å². The third-order valence-electron chi connectivity index (χ3n) is 3.27. The number of nitrogen functional groups attached to an aromatic ring is 1. The molecule has 3 N–H and O–H groups in total. The highest BCUT2D eigenvalue weighted by Gasteiger charge is 2.30. The fraction of sp³-hybridized carbons (Fsp3) is 0.583. The lowest BCUT2D eigenvalue weighted by molar-refractivity contribution is 0.489. The Morgan fingerprint density at radius 1 is 1.47 bits per heavy atom. The van der Waals surface area contributed by atoms with E-state index in [2.05, 4.69) is 28.7 Å². The molecule has 0 bridgehead atoms. The first kappa shape index (κ1) is 11.8. The van der Waals surface area contributed by atoms with Gasteiger partial charge in [-0.25, -0.2) is 9.97 Å². The van der Waals surface area contributed by atoms with Crippen molar-refractivity contribution in [3.8, 4) is 0 Å². The van der Waals surface area contributed by atoms with Crippen LogP contribution in [0.15, 0.2) is 12.4 Å². The first-order chi connectivity index (χ1) is 8.11. The monoisotopic (exact) mass is 233 g/mol. The molecule has 1 atom stereocenters. The number of nitrogens with one attached hydrogen (secondary N) is 1. The summed E-state index contributed by atoms with van der Waals surface area (Å²) in [6, 6.07) is 0.477. The number of aromatic nitrogens is 2. The largest absolute Gasteiger partial charge is 0.382 e. The van der Waals surface area contributed by atoms with Gasteiger partial charge in [0.2, 0.25) is 0 Å². The minimum Gasteiger partial charge on any atom is -0.382 e. The average molecular weight is 233 g/mol. The van der Waals surface area contributed by atoms with Gasteiger partial charge in [-0.15, -0.1) is 0 Å². The Morgan fingerprint density at radius 3 is 2.82 bits per heavy atom. The Morgan fingerprint density at radius 2 is 2.18 bits per heavy atom. The van der Waals surface area contributed by atoms with E-state index in [4.69, 9.17) is 11.1 Å². The number of nitrogens with zero attached hydrogens (tertiary/aromatic N) is 3. The molecular weight excluding hydrogens is 214 g/mol. The molecule has 1 fully saturated rings. The topological polar surface area (TPSA) is 78.9 Å². The molecular formula is C12H19N5. The van der Waals surface area contributed by atoms with Crippen molar-refractivity contribution >= 4 is 11.7 Å². The Balaban J connectivity index is 2.36. The highest BCUT2D eigenvalue weighted by atomic mass is 15.2. The zero-order valence-electron chi connectivity index (χ0n) is 10.3. The molecule has 1 aromatic heterocycles. The first-order valence-corrected chi connectivity index (χ1v) is 6.03. The predicted molar refractivity (Wildman–Crippen MR) is 68.3 cm³/mol. The van der Waals surface area contributed by atoms with Crippen molar-refractivity contribution in [2.45, 2.75) is 32.7 Å². The maximum absolute atomic E-state index is 7.56. The lowest BCUT2D eigenvalue weighted by atomic mass is 10.0. The van der Waals surface area contributed by atoms with E-state index in [0.29, 0.717) is 17.7 Å². The normalized spacial score (nSPS) is 19.9. The van der Waals surface area contributed by atoms with Crippen LogP contribution in [0, 0.1) is 11.3 Å². The van der Waals surface area contributed by atoms with Gasteiger partial charge in [0.25, 0.3) is 0 Å². The van der Waals surface area contributed by atoms with Gasteiger partial charge < -0.3 is 10.6 Å². The number of amidine groups is 1. The van der Waals surface area contributed by atoms with Crippen LogP contribution >= 0.6 is 0 Å². The van der Waals surface area contributed by atoms with Crippen molar-refractivity contribution in [1.29, 1.82) is 5.41 Å². The molecule has 1 aromatic rings. The van der Waals surface area contributed by atoms with Crippen molar-refractivity contribution in [2.24, 2.45) is 11.7 Å². The molecule has 2 heterocycles. The summed E-state index contributed by atoms with van der Waals surface area (Å²) in [5.41, 5.74) is 6.06. The highest BCUT2D eigenvalue weighted by Crippen LogP contribution is 2.29. The van der Waals surface area contributed by atoms with Crippen LogP contribution in [0.2, 0.25) is 0 Å². The lowest BCUT2D eigenvalue weighted by Crippen LogP contribution is -2.36. The number of anilines is 1. The molecule has 1 aliphatic heterocycles. The Kier molecular flexibility index (Phi) is 3.26. The van der Waals surface area contributed by atoms with E-state index in [0.717, 1.165) is 18.8 Å². The number of rotatable bonds is 3. The van der Waals surface area contributed by atoms with E-state index in [1.165, 1.54) is 6.42 Å². The molecule has 2 rings (SSSR count). The standard InChI is InChI=1S/C12H19N5/c1-8(2)9-4-3-7-17(9)12-10(11(13)14)15-5-6-16-12/h5-6,8-9H,3-4,7H2,1-2H3,(H3,13,14). The van der Waals surface area contributed by atoms with Gasteiger partial charge in [0.05, 0.1) is 0 Å². The van der Waals surface area contributed by atoms with Crippen molar-refractivity contribution < 1.29 is 0 Å². The Labute approximate surface area is 102 Å². The number of hydrogen-bond donors (Lipinski definition) is 2. The summed E-state index contributed by atoms with van der Waals surface area (Å²) in [7, 11) is 0. The minimum atomic E-state index is -0.0116. The number of hydrogen-bond acceptors (Lipinski definition) is 4. The zero-order valence-corrected chi connectivity index (χ0v) is 10.3. The van der Waals surface area contributed by atoms with Gasteiger partial charge in [-0.05, 0) is 18.8 Å². The summed E-state index contributed by atoms with van der Waals surface area (Å²) in [6.07, 6.45) is 5.58. The highest BCUT2D eigenvalue weighted by molar-refractivity contribution is 5.97. The molecule has 0 aromatic carbocycles. The molecule has 0 spiro atoms. The molecule has 5 nitrogen and oxygen atoms in total. The van der Waals surface area contributed by atoms with Crippen molar-refractivity contribution in [3.05, 3.63) is 18.1 Å². The third-order valence-corrected chi connectivity index (χ3v) is 3.27. The molecule has 0 saturated carbocycles. The lowest BCUT2D eigenvalue weighted by Gasteiger charge is -2.29. The fourth-order valence-electron chi connectivity index (χ4n) is 2.48. The van der Waals surface area contributed by atoms with Gasteiger partial charge in [-0.2, -0.15) is 0 Å². The van der Waals surface area contributed by atoms with Crippen LogP contribution in [0.4, 0.5) is 5.82 Å². The predicted octanol–water partition coefficient (Wildman–Crippen LogP) is 1.39. The average Bonchev–Trinajstić information content (AvgIpc) is 2.77. The SMILES string of the molecule is CC(C)C1CCCN1c1nccnc1C(=N)N. The van der Waals surface area contributed by atoms with E-state index in [9.17, 15) is 0 Å². The van der Waals surface area contributed by atoms with Crippen LogP contribution in [0.1, 0.15) is 32.4 Å². The minimum absolute atomic E-state index is 0.0116. The van der Waals surface area contributed by atoms with Gasteiger partial charge >= 0.3 is 0 Å². The molecule has 92 valence electrons. The van der Waals surface area contributed by atoms with Crippen LogP contribution in [-0.2, 0) is 0 Å². The van der Waals surface area contributed by atoms with Gasteiger partial charge in [0.15, 0.2) is 5.82 Å². The summed E-state index contributed by atoms with van der Waals surface area (Å²) in [4.78, 5) is 10.8. The second-order valence-corrected chi connectivity index (χ2v) is 4.79. The second kappa shape index (κ2) is 4.69. The van der Waals surface area contributed by atoms with Crippen molar-refractivity contribution in [3.63, 3.8) is 0 Å². The second-order valence-electron chi connectivity index (χ2n) is 4.79. The zero-order chi connectivity index (χ0) is 12.4. The van der Waals surface area contributed by atoms with Gasteiger partial charge in [0.1, 0.15) is 11.5 Å². The third kappa shape index (κ3) is 2.23. The summed E-state index contributed by atoms with van der Waals surface area (Å²) in [5, 5.41) is 7.56. The molecule has 5 heteroatoms. The smallest absolute Gasteiger partial charge is 0.158 e. The van der Waals surface area contributed by atoms with Gasteiger partial charge in [0, 0.05) is 25.0 Å². The van der Waals surface area contributed by atoms with Gasteiger partial charge in [-0.1, -0.05) is 13.8 Å². The van der Waals surface area contributed by atoms with Crippen LogP contribution in [0.25, 0.3) is 0 Å². The fourth-order valence-corrected chi connectivity index (χ4v) is 2.48. The maximum atomic E-state index is 7.56. The van der Waals surface area contributed by atoms with Gasteiger partial charge in [-0.3, -0.25) is 5.41 Å². The van der Waals surface area contributed by atoms with Crippen molar-refractivity contribution in [2.75, 3.05) is 11.4 Å². The van der Waals surface area contributed by atoms with E-state index in [1.54, 1.807) is 12.4 Å². The molecule has 1 unspecified atom stereocenters. The van der Waals surface area contributed by atoms with Crippen LogP contribution in [0.3, 0.4) is 0 Å². The van der Waals surface area contributed by atoms with Crippen LogP contribution in [0.5, 0.6) is 0 Å². The number of nitrogens with two attached hydrogens (primary N) is 1. The molecule has 0 aliphatic carbocycles. The molecule has 1 saturated heterocycles. The Bertz CT molecular complexity index is 415. The molecule has 1 aliphatic rings. The van der Waals surface area contributed by atoms with E-state index in [1.807, 2.05) is 0 Å². The van der Waals surface area contributed by atoms with E-state index < -0.39 is 0 Å². The van der Waals surface area contributed by atoms with Crippen molar-refractivity contribution in [1.82, 2.24) is 9.97 Å². The maximum Gasteiger partial charge on any atom is 0.158 e. The molecule has 0 radical (unpaired) electrons. The summed E-state index contributed by atoms with van der Waals surface area (Å²) in [5.74, 6) is 1.32. The molecule has 0 amide bonds. The Hall–Kier alpha value is -1.65. The summed E-state index contributed by atoms with van der Waals surface area (Å²) in [6.45, 7) is 5.40. The quantitative estimate of drug-likeness (QED) is 0.610. The van der Waals surface area contributed by atoms with Crippen LogP contribution in [-0.4, -0.2) is 28.4 Å². The summed E-state index contributed by atoms with van der Waals surface area (Å²) >= 11 is 0. The first-order valence-electron chi connectivity index (χ1n) is 6.03.